The highest BCUT2D eigenvalue weighted by Gasteiger charge is 2.32. The summed E-state index contributed by atoms with van der Waals surface area (Å²) >= 11 is 0. The number of amides is 3. The van der Waals surface area contributed by atoms with Crippen molar-refractivity contribution in [3.63, 3.8) is 0 Å². The molecule has 3 amide bonds. The van der Waals surface area contributed by atoms with Crippen molar-refractivity contribution < 1.29 is 9.59 Å². The summed E-state index contributed by atoms with van der Waals surface area (Å²) in [5.74, 6) is 0.285. The third kappa shape index (κ3) is 6.46. The van der Waals surface area contributed by atoms with Crippen molar-refractivity contribution in [2.24, 2.45) is 5.92 Å². The normalized spacial score (nSPS) is 21.0. The molecule has 3 rings (SSSR count). The molecule has 2 heterocycles. The Morgan fingerprint density at radius 3 is 2.48 bits per heavy atom. The van der Waals surface area contributed by atoms with Crippen molar-refractivity contribution >= 4 is 11.9 Å². The molecule has 0 unspecified atom stereocenters. The minimum absolute atomic E-state index is 0.0691. The lowest BCUT2D eigenvalue weighted by Crippen LogP contribution is -2.53. The van der Waals surface area contributed by atoms with Crippen LogP contribution in [0.25, 0.3) is 0 Å². The highest BCUT2D eigenvalue weighted by Crippen LogP contribution is 2.24. The highest BCUT2D eigenvalue weighted by atomic mass is 16.2. The monoisotopic (exact) mass is 400 g/mol. The lowest BCUT2D eigenvalue weighted by Gasteiger charge is -2.42. The van der Waals surface area contributed by atoms with Gasteiger partial charge >= 0.3 is 6.03 Å². The first kappa shape index (κ1) is 21.6. The molecule has 1 atom stereocenters. The number of nitrogens with zero attached hydrogens (tertiary/aromatic N) is 2. The molecular weight excluding hydrogens is 364 g/mol. The highest BCUT2D eigenvalue weighted by molar-refractivity contribution is 5.79. The fourth-order valence-corrected chi connectivity index (χ4v) is 4.45. The summed E-state index contributed by atoms with van der Waals surface area (Å²) in [5, 5.41) is 6.11. The lowest BCUT2D eigenvalue weighted by molar-refractivity contribution is -0.127. The van der Waals surface area contributed by atoms with Gasteiger partial charge in [0.05, 0.1) is 5.92 Å². The molecule has 6 nitrogen and oxygen atoms in total. The molecule has 0 saturated carbocycles. The standard InChI is InChI=1S/C23H36N4O2/c1-2-13-25-23(29)26-16-11-21(12-17-26)27-15-6-9-20(18-27)22(28)24-14-10-19-7-4-3-5-8-19/h3-5,7-8,20-21H,2,6,9-18H2,1H3,(H,24,28)(H,25,29)/t20-/m1/s1. The average Bonchev–Trinajstić information content (AvgIpc) is 2.78. The molecule has 0 radical (unpaired) electrons. The molecule has 6 heteroatoms. The summed E-state index contributed by atoms with van der Waals surface area (Å²) < 4.78 is 0. The molecular formula is C23H36N4O2. The number of carbonyl (C=O) groups excluding carboxylic acids is 2. The Bertz CT molecular complexity index is 644. The summed E-state index contributed by atoms with van der Waals surface area (Å²) in [5.41, 5.74) is 1.26. The summed E-state index contributed by atoms with van der Waals surface area (Å²) in [6.07, 6.45) is 5.90. The number of piperidine rings is 2. The van der Waals surface area contributed by atoms with Crippen LogP contribution in [0.2, 0.25) is 0 Å². The Morgan fingerprint density at radius 2 is 1.76 bits per heavy atom. The fraction of sp³-hybridized carbons (Fsp3) is 0.652. The van der Waals surface area contributed by atoms with E-state index in [2.05, 4.69) is 34.6 Å². The van der Waals surface area contributed by atoms with Crippen molar-refractivity contribution in [1.29, 1.82) is 0 Å². The molecule has 160 valence electrons. The van der Waals surface area contributed by atoms with Crippen LogP contribution in [0.15, 0.2) is 30.3 Å². The molecule has 2 aliphatic rings. The minimum Gasteiger partial charge on any atom is -0.355 e. The smallest absolute Gasteiger partial charge is 0.317 e. The van der Waals surface area contributed by atoms with Crippen LogP contribution in [-0.2, 0) is 11.2 Å². The predicted octanol–water partition coefficient (Wildman–Crippen LogP) is 2.64. The second kappa shape index (κ2) is 11.2. The summed E-state index contributed by atoms with van der Waals surface area (Å²) in [6.45, 7) is 7.05. The molecule has 29 heavy (non-hydrogen) atoms. The number of carbonyl (C=O) groups is 2. The zero-order valence-corrected chi connectivity index (χ0v) is 17.7. The summed E-state index contributed by atoms with van der Waals surface area (Å²) in [7, 11) is 0. The van der Waals surface area contributed by atoms with Gasteiger partial charge in [-0.25, -0.2) is 4.79 Å². The van der Waals surface area contributed by atoms with E-state index in [4.69, 9.17) is 0 Å². The predicted molar refractivity (Wildman–Crippen MR) is 116 cm³/mol. The largest absolute Gasteiger partial charge is 0.355 e. The Balaban J connectivity index is 1.40. The van der Waals surface area contributed by atoms with E-state index in [-0.39, 0.29) is 17.9 Å². The van der Waals surface area contributed by atoms with E-state index in [0.29, 0.717) is 12.6 Å². The minimum atomic E-state index is 0.0691. The first-order valence-electron chi connectivity index (χ1n) is 11.3. The summed E-state index contributed by atoms with van der Waals surface area (Å²) in [4.78, 5) is 29.2. The van der Waals surface area contributed by atoms with E-state index in [1.54, 1.807) is 0 Å². The maximum atomic E-state index is 12.7. The van der Waals surface area contributed by atoms with E-state index >= 15 is 0 Å². The second-order valence-electron chi connectivity index (χ2n) is 8.31. The van der Waals surface area contributed by atoms with Gasteiger partial charge in [-0.05, 0) is 50.6 Å². The molecule has 0 aliphatic carbocycles. The molecule has 2 saturated heterocycles. The third-order valence-electron chi connectivity index (χ3n) is 6.17. The molecule has 1 aromatic carbocycles. The number of hydrogen-bond acceptors (Lipinski definition) is 3. The van der Waals surface area contributed by atoms with Crippen molar-refractivity contribution in [2.75, 3.05) is 39.3 Å². The number of urea groups is 1. The van der Waals surface area contributed by atoms with Crippen molar-refractivity contribution in [3.8, 4) is 0 Å². The van der Waals surface area contributed by atoms with E-state index in [0.717, 1.165) is 71.2 Å². The number of benzene rings is 1. The van der Waals surface area contributed by atoms with Crippen molar-refractivity contribution in [1.82, 2.24) is 20.4 Å². The number of hydrogen-bond donors (Lipinski definition) is 2. The number of nitrogens with one attached hydrogen (secondary N) is 2. The van der Waals surface area contributed by atoms with Crippen LogP contribution in [-0.4, -0.2) is 67.0 Å². The molecule has 2 fully saturated rings. The number of likely N-dealkylation sites (tertiary alicyclic amines) is 2. The van der Waals surface area contributed by atoms with E-state index in [1.807, 2.05) is 23.1 Å². The van der Waals surface area contributed by atoms with Crippen LogP contribution in [0.5, 0.6) is 0 Å². The van der Waals surface area contributed by atoms with Gasteiger partial charge in [0.15, 0.2) is 0 Å². The van der Waals surface area contributed by atoms with Gasteiger partial charge in [-0.15, -0.1) is 0 Å². The Morgan fingerprint density at radius 1 is 1.00 bits per heavy atom. The van der Waals surface area contributed by atoms with Gasteiger partial charge in [0.25, 0.3) is 0 Å². The lowest BCUT2D eigenvalue weighted by atomic mass is 9.93. The first-order chi connectivity index (χ1) is 14.2. The number of rotatable bonds is 7. The van der Waals surface area contributed by atoms with Gasteiger partial charge in [0.2, 0.25) is 5.91 Å². The van der Waals surface area contributed by atoms with Crippen LogP contribution < -0.4 is 10.6 Å². The zero-order chi connectivity index (χ0) is 20.5. The zero-order valence-electron chi connectivity index (χ0n) is 17.7. The molecule has 2 N–H and O–H groups in total. The van der Waals surface area contributed by atoms with E-state index in [9.17, 15) is 9.59 Å². The topological polar surface area (TPSA) is 64.7 Å². The fourth-order valence-electron chi connectivity index (χ4n) is 4.45. The molecule has 1 aromatic rings. The molecule has 2 aliphatic heterocycles. The van der Waals surface area contributed by atoms with Gasteiger partial charge in [-0.1, -0.05) is 37.3 Å². The molecule has 0 spiro atoms. The van der Waals surface area contributed by atoms with Crippen LogP contribution >= 0.6 is 0 Å². The first-order valence-corrected chi connectivity index (χ1v) is 11.3. The maximum absolute atomic E-state index is 12.7. The van der Waals surface area contributed by atoms with Crippen LogP contribution in [0, 0.1) is 5.92 Å². The van der Waals surface area contributed by atoms with Gasteiger partial charge in [-0.2, -0.15) is 0 Å². The van der Waals surface area contributed by atoms with Crippen LogP contribution in [0.4, 0.5) is 4.79 Å². The average molecular weight is 401 g/mol. The Labute approximate surface area is 175 Å². The van der Waals surface area contributed by atoms with E-state index in [1.165, 1.54) is 5.56 Å². The maximum Gasteiger partial charge on any atom is 0.317 e. The second-order valence-corrected chi connectivity index (χ2v) is 8.31. The quantitative estimate of drug-likeness (QED) is 0.740. The Kier molecular flexibility index (Phi) is 8.35. The Hall–Kier alpha value is -2.08. The SMILES string of the molecule is CCCNC(=O)N1CCC(N2CCC[C@@H](C(=O)NCCc3ccccc3)C2)CC1. The van der Waals surface area contributed by atoms with E-state index < -0.39 is 0 Å². The third-order valence-corrected chi connectivity index (χ3v) is 6.17. The van der Waals surface area contributed by atoms with Gasteiger partial charge < -0.3 is 15.5 Å². The van der Waals surface area contributed by atoms with Crippen molar-refractivity contribution in [2.45, 2.75) is 51.5 Å². The molecule has 0 aromatic heterocycles. The van der Waals surface area contributed by atoms with Crippen molar-refractivity contribution in [3.05, 3.63) is 35.9 Å². The van der Waals surface area contributed by atoms with Gasteiger partial charge in [0, 0.05) is 38.8 Å². The van der Waals surface area contributed by atoms with Crippen LogP contribution in [0.3, 0.4) is 0 Å². The molecule has 0 bridgehead atoms. The van der Waals surface area contributed by atoms with Gasteiger partial charge in [0.1, 0.15) is 0 Å². The summed E-state index contributed by atoms with van der Waals surface area (Å²) in [6, 6.07) is 10.8. The van der Waals surface area contributed by atoms with Gasteiger partial charge in [-0.3, -0.25) is 9.69 Å². The van der Waals surface area contributed by atoms with Crippen LogP contribution in [0.1, 0.15) is 44.6 Å².